The number of hydrogen-bond acceptors (Lipinski definition) is 2. The molecule has 0 amide bonds. The molecule has 0 spiro atoms. The van der Waals surface area contributed by atoms with E-state index in [9.17, 15) is 0 Å². The molecule has 1 aliphatic rings. The lowest BCUT2D eigenvalue weighted by atomic mass is 10.0. The second kappa shape index (κ2) is 5.76. The molecule has 2 nitrogen and oxygen atoms in total. The van der Waals surface area contributed by atoms with Crippen LogP contribution >= 0.6 is 23.2 Å². The highest BCUT2D eigenvalue weighted by Gasteiger charge is 2.13. The van der Waals surface area contributed by atoms with Gasteiger partial charge in [-0.05, 0) is 37.0 Å². The Kier molecular flexibility index (Phi) is 4.33. The predicted molar refractivity (Wildman–Crippen MR) is 68.5 cm³/mol. The van der Waals surface area contributed by atoms with Gasteiger partial charge >= 0.3 is 0 Å². The van der Waals surface area contributed by atoms with Gasteiger partial charge in [0.25, 0.3) is 0 Å². The molecule has 0 aliphatic carbocycles. The molecule has 1 saturated heterocycles. The second-order valence-corrected chi connectivity index (χ2v) is 4.93. The van der Waals surface area contributed by atoms with E-state index in [-0.39, 0.29) is 0 Å². The molecule has 1 heterocycles. The molecule has 16 heavy (non-hydrogen) atoms. The molecule has 2 rings (SSSR count). The van der Waals surface area contributed by atoms with Crippen LogP contribution in [0.2, 0.25) is 10.0 Å². The van der Waals surface area contributed by atoms with Crippen molar-refractivity contribution in [2.24, 2.45) is 5.92 Å². The van der Waals surface area contributed by atoms with Crippen LogP contribution in [-0.2, 0) is 4.74 Å². The lowest BCUT2D eigenvalue weighted by molar-refractivity contribution is 0.0595. The summed E-state index contributed by atoms with van der Waals surface area (Å²) in [4.78, 5) is 0. The third-order valence-electron chi connectivity index (χ3n) is 2.76. The van der Waals surface area contributed by atoms with Gasteiger partial charge in [0, 0.05) is 18.2 Å². The number of benzene rings is 1. The zero-order chi connectivity index (χ0) is 11.4. The molecule has 0 bridgehead atoms. The topological polar surface area (TPSA) is 21.3 Å². The summed E-state index contributed by atoms with van der Waals surface area (Å²) in [6, 6.07) is 5.45. The van der Waals surface area contributed by atoms with Crippen molar-refractivity contribution in [3.8, 4) is 0 Å². The van der Waals surface area contributed by atoms with E-state index < -0.39 is 0 Å². The molecule has 88 valence electrons. The van der Waals surface area contributed by atoms with E-state index in [4.69, 9.17) is 27.9 Å². The summed E-state index contributed by atoms with van der Waals surface area (Å²) < 4.78 is 5.43. The summed E-state index contributed by atoms with van der Waals surface area (Å²) in [6.45, 7) is 2.62. The van der Waals surface area contributed by atoms with Crippen molar-refractivity contribution >= 4 is 28.9 Å². The first-order valence-corrected chi connectivity index (χ1v) is 6.28. The number of ether oxygens (including phenoxy) is 1. The number of anilines is 1. The highest BCUT2D eigenvalue weighted by Crippen LogP contribution is 2.26. The van der Waals surface area contributed by atoms with Crippen LogP contribution in [-0.4, -0.2) is 19.8 Å². The first-order chi connectivity index (χ1) is 7.75. The molecule has 1 aliphatic heterocycles. The third-order valence-corrected chi connectivity index (χ3v) is 3.33. The van der Waals surface area contributed by atoms with Gasteiger partial charge in [-0.15, -0.1) is 0 Å². The molecule has 4 heteroatoms. The van der Waals surface area contributed by atoms with Crippen molar-refractivity contribution in [1.82, 2.24) is 0 Å². The molecular formula is C12H15Cl2NO. The van der Waals surface area contributed by atoms with Gasteiger partial charge in [0.2, 0.25) is 0 Å². The van der Waals surface area contributed by atoms with Crippen LogP contribution in [0.5, 0.6) is 0 Å². The van der Waals surface area contributed by atoms with Crippen LogP contribution in [0, 0.1) is 5.92 Å². The SMILES string of the molecule is Clc1ccc(Cl)c(NCC2CCCOC2)c1. The first kappa shape index (κ1) is 12.0. The molecule has 1 N–H and O–H groups in total. The fraction of sp³-hybridized carbons (Fsp3) is 0.500. The molecule has 1 aromatic carbocycles. The minimum atomic E-state index is 0.573. The Hall–Kier alpha value is -0.440. The van der Waals surface area contributed by atoms with Crippen molar-refractivity contribution < 1.29 is 4.74 Å². The highest BCUT2D eigenvalue weighted by atomic mass is 35.5. The minimum absolute atomic E-state index is 0.573. The maximum Gasteiger partial charge on any atom is 0.0638 e. The molecular weight excluding hydrogens is 245 g/mol. The lowest BCUT2D eigenvalue weighted by Gasteiger charge is -2.23. The van der Waals surface area contributed by atoms with E-state index in [1.54, 1.807) is 6.07 Å². The predicted octanol–water partition coefficient (Wildman–Crippen LogP) is 3.83. The molecule has 1 unspecified atom stereocenters. The third kappa shape index (κ3) is 3.27. The highest BCUT2D eigenvalue weighted by molar-refractivity contribution is 6.35. The van der Waals surface area contributed by atoms with Gasteiger partial charge in [0.15, 0.2) is 0 Å². The largest absolute Gasteiger partial charge is 0.383 e. The fourth-order valence-electron chi connectivity index (χ4n) is 1.86. The van der Waals surface area contributed by atoms with Crippen LogP contribution in [0.4, 0.5) is 5.69 Å². The van der Waals surface area contributed by atoms with Crippen molar-refractivity contribution in [3.05, 3.63) is 28.2 Å². The summed E-state index contributed by atoms with van der Waals surface area (Å²) in [7, 11) is 0. The van der Waals surface area contributed by atoms with Crippen LogP contribution in [0.3, 0.4) is 0 Å². The van der Waals surface area contributed by atoms with Gasteiger partial charge in [-0.25, -0.2) is 0 Å². The molecule has 0 saturated carbocycles. The average molecular weight is 260 g/mol. The Balaban J connectivity index is 1.90. The Morgan fingerprint density at radius 3 is 3.00 bits per heavy atom. The Morgan fingerprint density at radius 1 is 1.38 bits per heavy atom. The maximum atomic E-state index is 6.06. The summed E-state index contributed by atoms with van der Waals surface area (Å²) in [6.07, 6.45) is 2.36. The molecule has 0 aromatic heterocycles. The van der Waals surface area contributed by atoms with Gasteiger partial charge in [-0.2, -0.15) is 0 Å². The lowest BCUT2D eigenvalue weighted by Crippen LogP contribution is -2.24. The van der Waals surface area contributed by atoms with Gasteiger partial charge in [0.1, 0.15) is 0 Å². The Bertz CT molecular complexity index is 351. The standard InChI is InChI=1S/C12H15Cl2NO/c13-10-3-4-11(14)12(6-10)15-7-9-2-1-5-16-8-9/h3-4,6,9,15H,1-2,5,7-8H2. The summed E-state index contributed by atoms with van der Waals surface area (Å²) in [5.41, 5.74) is 0.903. The molecule has 1 aromatic rings. The minimum Gasteiger partial charge on any atom is -0.383 e. The maximum absolute atomic E-state index is 6.06. The van der Waals surface area contributed by atoms with E-state index in [0.717, 1.165) is 31.9 Å². The van der Waals surface area contributed by atoms with Crippen molar-refractivity contribution in [1.29, 1.82) is 0 Å². The van der Waals surface area contributed by atoms with Crippen LogP contribution in [0.1, 0.15) is 12.8 Å². The van der Waals surface area contributed by atoms with Crippen molar-refractivity contribution in [3.63, 3.8) is 0 Å². The number of halogens is 2. The van der Waals surface area contributed by atoms with Crippen LogP contribution in [0.15, 0.2) is 18.2 Å². The average Bonchev–Trinajstić information content (AvgIpc) is 2.32. The van der Waals surface area contributed by atoms with Crippen molar-refractivity contribution in [2.75, 3.05) is 25.1 Å². The number of rotatable bonds is 3. The van der Waals surface area contributed by atoms with E-state index in [1.165, 1.54) is 6.42 Å². The zero-order valence-corrected chi connectivity index (χ0v) is 10.5. The second-order valence-electron chi connectivity index (χ2n) is 4.09. The first-order valence-electron chi connectivity index (χ1n) is 5.52. The summed E-state index contributed by atoms with van der Waals surface area (Å²) >= 11 is 12.0. The van der Waals surface area contributed by atoms with Gasteiger partial charge in [0.05, 0.1) is 17.3 Å². The van der Waals surface area contributed by atoms with Crippen LogP contribution in [0.25, 0.3) is 0 Å². The van der Waals surface area contributed by atoms with Crippen molar-refractivity contribution in [2.45, 2.75) is 12.8 Å². The van der Waals surface area contributed by atoms with Crippen LogP contribution < -0.4 is 5.32 Å². The Labute approximate surface area is 106 Å². The number of nitrogens with one attached hydrogen (secondary N) is 1. The summed E-state index contributed by atoms with van der Waals surface area (Å²) in [5, 5.41) is 4.74. The van der Waals surface area contributed by atoms with E-state index in [0.29, 0.717) is 16.0 Å². The normalized spacial score (nSPS) is 20.8. The smallest absolute Gasteiger partial charge is 0.0638 e. The van der Waals surface area contributed by atoms with E-state index in [1.807, 2.05) is 12.1 Å². The zero-order valence-electron chi connectivity index (χ0n) is 9.01. The Morgan fingerprint density at radius 2 is 2.25 bits per heavy atom. The fourth-order valence-corrected chi connectivity index (χ4v) is 2.21. The molecule has 0 radical (unpaired) electrons. The quantitative estimate of drug-likeness (QED) is 0.891. The van der Waals surface area contributed by atoms with E-state index >= 15 is 0 Å². The van der Waals surface area contributed by atoms with E-state index in [2.05, 4.69) is 5.32 Å². The molecule has 1 atom stereocenters. The molecule has 1 fully saturated rings. The monoisotopic (exact) mass is 259 g/mol. The number of hydrogen-bond donors (Lipinski definition) is 1. The van der Waals surface area contributed by atoms with Gasteiger partial charge in [-0.1, -0.05) is 23.2 Å². The summed E-state index contributed by atoms with van der Waals surface area (Å²) in [5.74, 6) is 0.573. The van der Waals surface area contributed by atoms with Gasteiger partial charge < -0.3 is 10.1 Å². The van der Waals surface area contributed by atoms with Gasteiger partial charge in [-0.3, -0.25) is 0 Å².